The molecule has 1 fully saturated rings. The maximum Gasteiger partial charge on any atom is 0.318 e. The van der Waals surface area contributed by atoms with Crippen LogP contribution in [0.2, 0.25) is 0 Å². The second-order valence-electron chi connectivity index (χ2n) is 6.61. The van der Waals surface area contributed by atoms with Crippen molar-refractivity contribution in [3.63, 3.8) is 0 Å². The number of amides is 2. The van der Waals surface area contributed by atoms with Crippen LogP contribution in [0.1, 0.15) is 55.8 Å². The van der Waals surface area contributed by atoms with E-state index < -0.39 is 0 Å². The molecule has 132 valence electrons. The number of urea groups is 1. The summed E-state index contributed by atoms with van der Waals surface area (Å²) in [5.41, 5.74) is 2.03. The number of pyridine rings is 1. The predicted octanol–water partition coefficient (Wildman–Crippen LogP) is 4.18. The number of phenols is 1. The summed E-state index contributed by atoms with van der Waals surface area (Å²) in [6.45, 7) is 2.69. The SMILES string of the molecule is C[C@H](NC(=O)N1CCCCC[C@@H]1c1ccncc1)c1cccc(O)c1. The Morgan fingerprint density at radius 1 is 1.24 bits per heavy atom. The summed E-state index contributed by atoms with van der Waals surface area (Å²) >= 11 is 0. The van der Waals surface area contributed by atoms with E-state index in [4.69, 9.17) is 0 Å². The Labute approximate surface area is 148 Å². The summed E-state index contributed by atoms with van der Waals surface area (Å²) in [4.78, 5) is 19.0. The van der Waals surface area contributed by atoms with Gasteiger partial charge in [-0.2, -0.15) is 0 Å². The lowest BCUT2D eigenvalue weighted by molar-refractivity contribution is 0.172. The van der Waals surface area contributed by atoms with Gasteiger partial charge in [-0.3, -0.25) is 4.98 Å². The molecule has 0 radical (unpaired) electrons. The summed E-state index contributed by atoms with van der Waals surface area (Å²) in [6.07, 6.45) is 7.83. The number of hydrogen-bond donors (Lipinski definition) is 2. The first-order chi connectivity index (χ1) is 12.1. The lowest BCUT2D eigenvalue weighted by atomic mass is 10.0. The van der Waals surface area contributed by atoms with E-state index >= 15 is 0 Å². The fourth-order valence-corrected chi connectivity index (χ4v) is 3.43. The quantitative estimate of drug-likeness (QED) is 0.882. The zero-order chi connectivity index (χ0) is 17.6. The van der Waals surface area contributed by atoms with E-state index in [0.717, 1.165) is 43.4 Å². The van der Waals surface area contributed by atoms with Crippen LogP contribution >= 0.6 is 0 Å². The number of aromatic nitrogens is 1. The van der Waals surface area contributed by atoms with Crippen molar-refractivity contribution in [2.45, 2.75) is 44.7 Å². The van der Waals surface area contributed by atoms with Gasteiger partial charge in [-0.15, -0.1) is 0 Å². The molecule has 0 spiro atoms. The molecule has 25 heavy (non-hydrogen) atoms. The van der Waals surface area contributed by atoms with E-state index in [-0.39, 0.29) is 23.9 Å². The van der Waals surface area contributed by atoms with E-state index in [1.54, 1.807) is 30.6 Å². The lowest BCUT2D eigenvalue weighted by Gasteiger charge is -2.31. The lowest BCUT2D eigenvalue weighted by Crippen LogP contribution is -2.43. The number of likely N-dealkylation sites (tertiary alicyclic amines) is 1. The molecule has 2 amide bonds. The Hall–Kier alpha value is -2.56. The number of carbonyl (C=O) groups is 1. The molecular weight excluding hydrogens is 314 g/mol. The van der Waals surface area contributed by atoms with Crippen LogP contribution in [0.25, 0.3) is 0 Å². The monoisotopic (exact) mass is 339 g/mol. The van der Waals surface area contributed by atoms with Crippen molar-refractivity contribution in [2.75, 3.05) is 6.54 Å². The van der Waals surface area contributed by atoms with Crippen LogP contribution < -0.4 is 5.32 Å². The fraction of sp³-hybridized carbons (Fsp3) is 0.400. The Bertz CT molecular complexity index is 705. The highest BCUT2D eigenvalue weighted by molar-refractivity contribution is 5.75. The van der Waals surface area contributed by atoms with Crippen molar-refractivity contribution < 1.29 is 9.90 Å². The zero-order valence-corrected chi connectivity index (χ0v) is 14.6. The minimum Gasteiger partial charge on any atom is -0.508 e. The molecule has 1 aliphatic rings. The van der Waals surface area contributed by atoms with Crippen molar-refractivity contribution in [3.05, 3.63) is 59.9 Å². The highest BCUT2D eigenvalue weighted by atomic mass is 16.3. The number of benzene rings is 1. The van der Waals surface area contributed by atoms with Crippen LogP contribution in [0.3, 0.4) is 0 Å². The largest absolute Gasteiger partial charge is 0.508 e. The topological polar surface area (TPSA) is 65.5 Å². The number of phenolic OH excluding ortho intramolecular Hbond substituents is 1. The van der Waals surface area contributed by atoms with E-state index in [0.29, 0.717) is 0 Å². The van der Waals surface area contributed by atoms with Crippen LogP contribution in [-0.2, 0) is 0 Å². The Kier molecular flexibility index (Phi) is 5.53. The molecule has 0 aliphatic carbocycles. The van der Waals surface area contributed by atoms with E-state index in [9.17, 15) is 9.90 Å². The first-order valence-electron chi connectivity index (χ1n) is 8.91. The van der Waals surface area contributed by atoms with Crippen LogP contribution in [-0.4, -0.2) is 27.6 Å². The van der Waals surface area contributed by atoms with Gasteiger partial charge in [0.25, 0.3) is 0 Å². The second kappa shape index (κ2) is 8.01. The van der Waals surface area contributed by atoms with Gasteiger partial charge in [0.1, 0.15) is 5.75 Å². The molecule has 1 aromatic carbocycles. The van der Waals surface area contributed by atoms with Gasteiger partial charge in [0, 0.05) is 18.9 Å². The molecule has 0 unspecified atom stereocenters. The third kappa shape index (κ3) is 4.29. The molecule has 1 aromatic heterocycles. The Morgan fingerprint density at radius 3 is 2.80 bits per heavy atom. The molecule has 1 saturated heterocycles. The number of hydrogen-bond acceptors (Lipinski definition) is 3. The fourth-order valence-electron chi connectivity index (χ4n) is 3.43. The highest BCUT2D eigenvalue weighted by Crippen LogP contribution is 2.30. The van der Waals surface area contributed by atoms with Gasteiger partial charge in [-0.05, 0) is 55.2 Å². The number of nitrogens with one attached hydrogen (secondary N) is 1. The first-order valence-corrected chi connectivity index (χ1v) is 8.91. The zero-order valence-electron chi connectivity index (χ0n) is 14.6. The summed E-state index contributed by atoms with van der Waals surface area (Å²) in [6, 6.07) is 10.9. The van der Waals surface area contributed by atoms with Crippen molar-refractivity contribution in [1.29, 1.82) is 0 Å². The third-order valence-electron chi connectivity index (χ3n) is 4.81. The van der Waals surface area contributed by atoms with E-state index in [1.165, 1.54) is 0 Å². The number of aromatic hydroxyl groups is 1. The van der Waals surface area contributed by atoms with Crippen molar-refractivity contribution >= 4 is 6.03 Å². The predicted molar refractivity (Wildman–Crippen MR) is 97.2 cm³/mol. The van der Waals surface area contributed by atoms with Gasteiger partial charge in [0.15, 0.2) is 0 Å². The maximum atomic E-state index is 12.9. The van der Waals surface area contributed by atoms with Gasteiger partial charge in [-0.25, -0.2) is 4.79 Å². The molecular formula is C20H25N3O2. The molecule has 2 N–H and O–H groups in total. The number of carbonyl (C=O) groups excluding carboxylic acids is 1. The molecule has 1 aliphatic heterocycles. The number of nitrogens with zero attached hydrogens (tertiary/aromatic N) is 2. The summed E-state index contributed by atoms with van der Waals surface area (Å²) in [5, 5.41) is 12.7. The molecule has 2 aromatic rings. The van der Waals surface area contributed by atoms with Crippen LogP contribution in [0, 0.1) is 0 Å². The van der Waals surface area contributed by atoms with Gasteiger partial charge in [-0.1, -0.05) is 25.0 Å². The van der Waals surface area contributed by atoms with Gasteiger partial charge < -0.3 is 15.3 Å². The van der Waals surface area contributed by atoms with Gasteiger partial charge >= 0.3 is 6.03 Å². The molecule has 5 heteroatoms. The smallest absolute Gasteiger partial charge is 0.318 e. The second-order valence-corrected chi connectivity index (χ2v) is 6.61. The average molecular weight is 339 g/mol. The third-order valence-corrected chi connectivity index (χ3v) is 4.81. The molecule has 0 bridgehead atoms. The minimum atomic E-state index is -0.166. The summed E-state index contributed by atoms with van der Waals surface area (Å²) in [7, 11) is 0. The molecule has 5 nitrogen and oxygen atoms in total. The summed E-state index contributed by atoms with van der Waals surface area (Å²) < 4.78 is 0. The average Bonchev–Trinajstić information content (AvgIpc) is 2.88. The van der Waals surface area contributed by atoms with Crippen molar-refractivity contribution in [3.8, 4) is 5.75 Å². The highest BCUT2D eigenvalue weighted by Gasteiger charge is 2.27. The molecule has 2 atom stereocenters. The van der Waals surface area contributed by atoms with Gasteiger partial charge in [0.2, 0.25) is 0 Å². The van der Waals surface area contributed by atoms with Crippen molar-refractivity contribution in [1.82, 2.24) is 15.2 Å². The van der Waals surface area contributed by atoms with E-state index in [2.05, 4.69) is 10.3 Å². The Morgan fingerprint density at radius 2 is 2.04 bits per heavy atom. The van der Waals surface area contributed by atoms with Crippen molar-refractivity contribution in [2.24, 2.45) is 0 Å². The van der Waals surface area contributed by atoms with Crippen LogP contribution in [0.4, 0.5) is 4.79 Å². The van der Waals surface area contributed by atoms with Crippen LogP contribution in [0.5, 0.6) is 5.75 Å². The normalized spacial score (nSPS) is 19.1. The van der Waals surface area contributed by atoms with Gasteiger partial charge in [0.05, 0.1) is 12.1 Å². The summed E-state index contributed by atoms with van der Waals surface area (Å²) in [5.74, 6) is 0.211. The maximum absolute atomic E-state index is 12.9. The minimum absolute atomic E-state index is 0.0560. The number of rotatable bonds is 3. The molecule has 0 saturated carbocycles. The van der Waals surface area contributed by atoms with Crippen LogP contribution in [0.15, 0.2) is 48.8 Å². The van der Waals surface area contributed by atoms with E-state index in [1.807, 2.05) is 30.0 Å². The Balaban J connectivity index is 1.75. The molecule has 2 heterocycles. The molecule has 3 rings (SSSR count). The first kappa shape index (κ1) is 17.3. The standard InChI is InChI=1S/C20H25N3O2/c1-15(17-6-5-7-18(24)14-17)22-20(25)23-13-4-2-3-8-19(23)16-9-11-21-12-10-16/h5-7,9-12,14-15,19,24H,2-4,8,13H2,1H3,(H,22,25)/t15-,19+/m0/s1.